The van der Waals surface area contributed by atoms with Crippen molar-refractivity contribution >= 4 is 11.4 Å². The molecule has 0 bridgehead atoms. The molecule has 0 radical (unpaired) electrons. The lowest BCUT2D eigenvalue weighted by Crippen LogP contribution is -2.51. The fourth-order valence-electron chi connectivity index (χ4n) is 2.70. The van der Waals surface area contributed by atoms with Crippen molar-refractivity contribution < 1.29 is 0 Å². The van der Waals surface area contributed by atoms with E-state index in [2.05, 4.69) is 49.1 Å². The van der Waals surface area contributed by atoms with E-state index in [-0.39, 0.29) is 5.41 Å². The van der Waals surface area contributed by atoms with Crippen molar-refractivity contribution in [3.05, 3.63) is 48.2 Å². The molecule has 1 aliphatic carbocycles. The van der Waals surface area contributed by atoms with Crippen LogP contribution >= 0.6 is 0 Å². The number of anilines is 2. The minimum atomic E-state index is 0.286. The lowest BCUT2D eigenvalue weighted by atomic mass is 9.69. The summed E-state index contributed by atoms with van der Waals surface area (Å²) in [5.41, 5.74) is 9.50. The molecular formula is C15H18N2. The van der Waals surface area contributed by atoms with E-state index in [1.807, 2.05) is 12.1 Å². The van der Waals surface area contributed by atoms with Crippen LogP contribution in [0.4, 0.5) is 11.4 Å². The molecule has 1 fully saturated rings. The zero-order valence-electron chi connectivity index (χ0n) is 10.4. The molecule has 88 valence electrons. The summed E-state index contributed by atoms with van der Waals surface area (Å²) in [6, 6.07) is 8.12. The maximum absolute atomic E-state index is 5.72. The highest BCUT2D eigenvalue weighted by Crippen LogP contribution is 2.47. The molecule has 0 amide bonds. The van der Waals surface area contributed by atoms with Crippen molar-refractivity contribution in [2.75, 3.05) is 17.2 Å². The van der Waals surface area contributed by atoms with Crippen LogP contribution in [-0.2, 0) is 0 Å². The molecular weight excluding hydrogens is 208 g/mol. The average Bonchev–Trinajstić information content (AvgIpc) is 2.24. The van der Waals surface area contributed by atoms with Gasteiger partial charge in [0.1, 0.15) is 0 Å². The van der Waals surface area contributed by atoms with Crippen molar-refractivity contribution in [1.82, 2.24) is 0 Å². The average molecular weight is 226 g/mol. The lowest BCUT2D eigenvalue weighted by molar-refractivity contribution is 0.273. The van der Waals surface area contributed by atoms with Crippen LogP contribution in [-0.4, -0.2) is 6.54 Å². The van der Waals surface area contributed by atoms with Crippen LogP contribution in [0.3, 0.4) is 0 Å². The number of allylic oxidation sites excluding steroid dienone is 3. The summed E-state index contributed by atoms with van der Waals surface area (Å²) in [5, 5.41) is 0. The molecule has 17 heavy (non-hydrogen) atoms. The van der Waals surface area contributed by atoms with Crippen molar-refractivity contribution in [3.63, 3.8) is 0 Å². The summed E-state index contributed by atoms with van der Waals surface area (Å²) in [7, 11) is 0. The van der Waals surface area contributed by atoms with Gasteiger partial charge in [-0.05, 0) is 35.8 Å². The first kappa shape index (κ1) is 10.5. The molecule has 0 saturated carbocycles. The lowest BCUT2D eigenvalue weighted by Gasteiger charge is -2.51. The largest absolute Gasteiger partial charge is 0.399 e. The molecule has 1 aromatic rings. The first-order valence-corrected chi connectivity index (χ1v) is 6.10. The molecule has 2 nitrogen and oxygen atoms in total. The second-order valence-corrected chi connectivity index (χ2v) is 5.53. The van der Waals surface area contributed by atoms with Gasteiger partial charge in [-0.2, -0.15) is 0 Å². The third kappa shape index (κ3) is 1.55. The number of fused-ring (bicyclic) bond motifs is 1. The predicted molar refractivity (Wildman–Crippen MR) is 72.7 cm³/mol. The Bertz CT molecular complexity index is 494. The molecule has 1 unspecified atom stereocenters. The highest BCUT2D eigenvalue weighted by atomic mass is 15.2. The summed E-state index contributed by atoms with van der Waals surface area (Å²) in [6.07, 6.45) is 6.71. The predicted octanol–water partition coefficient (Wildman–Crippen LogP) is 3.18. The number of hydrogen-bond acceptors (Lipinski definition) is 2. The Balaban J connectivity index is 1.88. The van der Waals surface area contributed by atoms with Crippen molar-refractivity contribution in [2.24, 2.45) is 11.3 Å². The molecule has 0 spiro atoms. The van der Waals surface area contributed by atoms with E-state index < -0.39 is 0 Å². The van der Waals surface area contributed by atoms with Crippen LogP contribution in [0, 0.1) is 11.3 Å². The van der Waals surface area contributed by atoms with Crippen molar-refractivity contribution in [2.45, 2.75) is 13.8 Å². The summed E-state index contributed by atoms with van der Waals surface area (Å²) in [5.74, 6) is 0.657. The van der Waals surface area contributed by atoms with Gasteiger partial charge in [0.15, 0.2) is 0 Å². The first-order chi connectivity index (χ1) is 8.08. The fraction of sp³-hybridized carbons (Fsp3) is 0.333. The number of hydrogen-bond donors (Lipinski definition) is 1. The van der Waals surface area contributed by atoms with Gasteiger partial charge in [-0.25, -0.2) is 0 Å². The first-order valence-electron chi connectivity index (χ1n) is 6.10. The molecule has 1 aliphatic heterocycles. The van der Waals surface area contributed by atoms with Crippen LogP contribution in [0.2, 0.25) is 0 Å². The molecule has 2 aliphatic rings. The van der Waals surface area contributed by atoms with Crippen LogP contribution in [0.5, 0.6) is 0 Å². The normalized spacial score (nSPS) is 24.9. The Morgan fingerprint density at radius 2 is 1.94 bits per heavy atom. The highest BCUT2D eigenvalue weighted by molar-refractivity contribution is 5.62. The minimum Gasteiger partial charge on any atom is -0.399 e. The summed E-state index contributed by atoms with van der Waals surface area (Å²) in [4.78, 5) is 2.37. The van der Waals surface area contributed by atoms with Crippen LogP contribution in [0.25, 0.3) is 0 Å². The second-order valence-electron chi connectivity index (χ2n) is 5.53. The molecule has 2 heteroatoms. The van der Waals surface area contributed by atoms with Gasteiger partial charge in [0, 0.05) is 29.5 Å². The van der Waals surface area contributed by atoms with E-state index in [4.69, 9.17) is 5.73 Å². The third-order valence-corrected chi connectivity index (χ3v) is 3.93. The topological polar surface area (TPSA) is 29.3 Å². The Hall–Kier alpha value is -1.70. The number of nitrogens with zero attached hydrogens (tertiary/aromatic N) is 1. The van der Waals surface area contributed by atoms with Crippen molar-refractivity contribution in [1.29, 1.82) is 0 Å². The molecule has 1 saturated heterocycles. The molecule has 0 aromatic heterocycles. The number of rotatable bonds is 1. The number of benzene rings is 1. The van der Waals surface area contributed by atoms with E-state index in [9.17, 15) is 0 Å². The van der Waals surface area contributed by atoms with Gasteiger partial charge in [-0.3, -0.25) is 0 Å². The zero-order chi connectivity index (χ0) is 12.0. The van der Waals surface area contributed by atoms with Gasteiger partial charge in [-0.1, -0.05) is 26.0 Å². The van der Waals surface area contributed by atoms with E-state index in [1.165, 1.54) is 11.4 Å². The Morgan fingerprint density at radius 3 is 2.65 bits per heavy atom. The molecule has 1 atom stereocenters. The summed E-state index contributed by atoms with van der Waals surface area (Å²) >= 11 is 0. The molecule has 3 rings (SSSR count). The van der Waals surface area contributed by atoms with E-state index in [1.54, 1.807) is 0 Å². The maximum Gasteiger partial charge on any atom is 0.0410 e. The Morgan fingerprint density at radius 1 is 1.24 bits per heavy atom. The standard InChI is InChI=1S/C15H18N2/c1-15(2)9-3-4-14-13(15)10-17(14)12-7-5-11(16)6-8-12/h3-9,13H,10,16H2,1-2H3. The van der Waals surface area contributed by atoms with Crippen LogP contribution < -0.4 is 10.6 Å². The van der Waals surface area contributed by atoms with Crippen molar-refractivity contribution in [3.8, 4) is 0 Å². The second kappa shape index (κ2) is 3.39. The number of nitrogen functional groups attached to an aromatic ring is 1. The number of nitrogens with two attached hydrogens (primary N) is 1. The van der Waals surface area contributed by atoms with E-state index in [0.29, 0.717) is 5.92 Å². The molecule has 1 heterocycles. The van der Waals surface area contributed by atoms with Gasteiger partial charge < -0.3 is 10.6 Å². The Labute approximate surface area is 102 Å². The maximum atomic E-state index is 5.72. The van der Waals surface area contributed by atoms with Crippen LogP contribution in [0.15, 0.2) is 48.2 Å². The quantitative estimate of drug-likeness (QED) is 0.745. The van der Waals surface area contributed by atoms with Gasteiger partial charge in [0.2, 0.25) is 0 Å². The zero-order valence-corrected chi connectivity index (χ0v) is 10.4. The van der Waals surface area contributed by atoms with Gasteiger partial charge >= 0.3 is 0 Å². The van der Waals surface area contributed by atoms with E-state index >= 15 is 0 Å². The van der Waals surface area contributed by atoms with Gasteiger partial charge in [0.25, 0.3) is 0 Å². The Kier molecular flexibility index (Phi) is 2.09. The van der Waals surface area contributed by atoms with E-state index in [0.717, 1.165) is 12.2 Å². The SMILES string of the molecule is CC1(C)C=CC=C2C1CN2c1ccc(N)cc1. The highest BCUT2D eigenvalue weighted by Gasteiger charge is 2.43. The van der Waals surface area contributed by atoms with Crippen LogP contribution in [0.1, 0.15) is 13.8 Å². The molecule has 1 aromatic carbocycles. The fourth-order valence-corrected chi connectivity index (χ4v) is 2.70. The van der Waals surface area contributed by atoms with Gasteiger partial charge in [0.05, 0.1) is 0 Å². The third-order valence-electron chi connectivity index (χ3n) is 3.93. The summed E-state index contributed by atoms with van der Waals surface area (Å²) in [6.45, 7) is 5.72. The van der Waals surface area contributed by atoms with Gasteiger partial charge in [-0.15, -0.1) is 0 Å². The molecule has 2 N–H and O–H groups in total. The summed E-state index contributed by atoms with van der Waals surface area (Å²) < 4.78 is 0. The smallest absolute Gasteiger partial charge is 0.0410 e. The minimum absolute atomic E-state index is 0.286. The monoisotopic (exact) mass is 226 g/mol.